The molecular formula is C13H15FN4O3. The highest BCUT2D eigenvalue weighted by atomic mass is 19.1. The summed E-state index contributed by atoms with van der Waals surface area (Å²) in [5.41, 5.74) is -0.992. The topological polar surface area (TPSA) is 90.1 Å². The van der Waals surface area contributed by atoms with Crippen molar-refractivity contribution in [3.8, 4) is 17.1 Å². The largest absolute Gasteiger partial charge is 0.496 e. The van der Waals surface area contributed by atoms with Gasteiger partial charge in [-0.15, -0.1) is 5.10 Å². The number of ether oxygens (including phenoxy) is 1. The van der Waals surface area contributed by atoms with Gasteiger partial charge in [0.25, 0.3) is 0 Å². The van der Waals surface area contributed by atoms with E-state index in [-0.39, 0.29) is 23.7 Å². The molecule has 0 amide bonds. The van der Waals surface area contributed by atoms with Crippen molar-refractivity contribution in [3.63, 3.8) is 0 Å². The molecule has 0 aliphatic rings. The van der Waals surface area contributed by atoms with Crippen molar-refractivity contribution in [2.75, 3.05) is 7.11 Å². The van der Waals surface area contributed by atoms with Gasteiger partial charge in [0.2, 0.25) is 0 Å². The number of hydrogen-bond acceptors (Lipinski definition) is 5. The van der Waals surface area contributed by atoms with Crippen molar-refractivity contribution >= 4 is 5.97 Å². The molecule has 0 aliphatic heterocycles. The van der Waals surface area contributed by atoms with Crippen molar-refractivity contribution in [2.24, 2.45) is 5.41 Å². The number of rotatable bonds is 5. The molecule has 0 atom stereocenters. The third-order valence-corrected chi connectivity index (χ3v) is 3.07. The van der Waals surface area contributed by atoms with E-state index in [9.17, 15) is 14.3 Å². The molecule has 0 saturated heterocycles. The van der Waals surface area contributed by atoms with Gasteiger partial charge < -0.3 is 9.84 Å². The lowest BCUT2D eigenvalue weighted by Crippen LogP contribution is -2.30. The number of carboxylic acids is 1. The standard InChI is InChI=1S/C13H15FN4O3/c1-13(2,12(19)20)7-18-11(15-16-17-18)10-8(14)5-4-6-9(10)21-3/h4-6H,7H2,1-3H3,(H,19,20). The first-order valence-corrected chi connectivity index (χ1v) is 6.19. The number of carbonyl (C=O) groups is 1. The van der Waals surface area contributed by atoms with E-state index in [1.54, 1.807) is 19.9 Å². The lowest BCUT2D eigenvalue weighted by atomic mass is 9.94. The van der Waals surface area contributed by atoms with Crippen LogP contribution in [0.15, 0.2) is 18.2 Å². The highest BCUT2D eigenvalue weighted by molar-refractivity contribution is 5.73. The minimum atomic E-state index is -1.09. The van der Waals surface area contributed by atoms with E-state index < -0.39 is 17.2 Å². The lowest BCUT2D eigenvalue weighted by Gasteiger charge is -2.19. The molecule has 21 heavy (non-hydrogen) atoms. The van der Waals surface area contributed by atoms with Gasteiger partial charge in [-0.05, 0) is 36.4 Å². The molecule has 0 fully saturated rings. The number of methoxy groups -OCH3 is 1. The first-order valence-electron chi connectivity index (χ1n) is 6.19. The molecule has 0 spiro atoms. The second-order valence-electron chi connectivity index (χ2n) is 5.17. The molecule has 1 heterocycles. The van der Waals surface area contributed by atoms with Gasteiger partial charge in [0, 0.05) is 0 Å². The van der Waals surface area contributed by atoms with Crippen molar-refractivity contribution in [1.29, 1.82) is 0 Å². The van der Waals surface area contributed by atoms with Crippen LogP contribution in [0.3, 0.4) is 0 Å². The van der Waals surface area contributed by atoms with E-state index in [0.717, 1.165) is 0 Å². The van der Waals surface area contributed by atoms with Gasteiger partial charge in [-0.25, -0.2) is 9.07 Å². The molecule has 1 aromatic heterocycles. The average molecular weight is 294 g/mol. The van der Waals surface area contributed by atoms with Crippen LogP contribution in [0.5, 0.6) is 5.75 Å². The smallest absolute Gasteiger partial charge is 0.310 e. The van der Waals surface area contributed by atoms with Crippen molar-refractivity contribution in [3.05, 3.63) is 24.0 Å². The van der Waals surface area contributed by atoms with E-state index in [2.05, 4.69) is 15.5 Å². The number of aromatic nitrogens is 4. The Bertz CT molecular complexity index is 669. The van der Waals surface area contributed by atoms with Crippen LogP contribution in [-0.2, 0) is 11.3 Å². The summed E-state index contributed by atoms with van der Waals surface area (Å²) in [5.74, 6) is -1.14. The SMILES string of the molecule is COc1cccc(F)c1-c1nnnn1CC(C)(C)C(=O)O. The summed E-state index contributed by atoms with van der Waals surface area (Å²) in [6.07, 6.45) is 0. The van der Waals surface area contributed by atoms with Crippen LogP contribution in [0.1, 0.15) is 13.8 Å². The molecule has 112 valence electrons. The van der Waals surface area contributed by atoms with Gasteiger partial charge in [-0.2, -0.15) is 0 Å². The van der Waals surface area contributed by atoms with Crippen molar-refractivity contribution in [2.45, 2.75) is 20.4 Å². The maximum absolute atomic E-state index is 14.1. The van der Waals surface area contributed by atoms with Crippen molar-refractivity contribution < 1.29 is 19.0 Å². The molecule has 0 bridgehead atoms. The van der Waals surface area contributed by atoms with Crippen LogP contribution in [0.4, 0.5) is 4.39 Å². The zero-order valence-corrected chi connectivity index (χ0v) is 11.9. The Morgan fingerprint density at radius 2 is 2.19 bits per heavy atom. The van der Waals surface area contributed by atoms with Gasteiger partial charge in [0.1, 0.15) is 11.6 Å². The first kappa shape index (κ1) is 14.9. The van der Waals surface area contributed by atoms with Gasteiger partial charge in [0.05, 0.1) is 24.6 Å². The number of nitrogens with zero attached hydrogens (tertiary/aromatic N) is 4. The number of carboxylic acid groups (broad SMARTS) is 1. The quantitative estimate of drug-likeness (QED) is 0.900. The molecule has 0 radical (unpaired) electrons. The molecule has 1 aromatic carbocycles. The van der Waals surface area contributed by atoms with Crippen LogP contribution >= 0.6 is 0 Å². The number of benzene rings is 1. The summed E-state index contributed by atoms with van der Waals surface area (Å²) in [7, 11) is 1.41. The molecule has 7 nitrogen and oxygen atoms in total. The maximum Gasteiger partial charge on any atom is 0.310 e. The lowest BCUT2D eigenvalue weighted by molar-refractivity contribution is -0.147. The fourth-order valence-corrected chi connectivity index (χ4v) is 1.82. The Morgan fingerprint density at radius 3 is 2.81 bits per heavy atom. The molecular weight excluding hydrogens is 279 g/mol. The van der Waals surface area contributed by atoms with Gasteiger partial charge in [-0.3, -0.25) is 4.79 Å². The Labute approximate surface area is 120 Å². The molecule has 0 unspecified atom stereocenters. The predicted octanol–water partition coefficient (Wildman–Crippen LogP) is 1.60. The number of aliphatic carboxylic acids is 1. The van der Waals surface area contributed by atoms with Crippen LogP contribution < -0.4 is 4.74 Å². The molecule has 0 aliphatic carbocycles. The van der Waals surface area contributed by atoms with Crippen LogP contribution in [0, 0.1) is 11.2 Å². The fraction of sp³-hybridized carbons (Fsp3) is 0.385. The van der Waals surface area contributed by atoms with Crippen LogP contribution in [-0.4, -0.2) is 38.4 Å². The highest BCUT2D eigenvalue weighted by Gasteiger charge is 2.30. The van der Waals surface area contributed by atoms with Crippen LogP contribution in [0.2, 0.25) is 0 Å². The summed E-state index contributed by atoms with van der Waals surface area (Å²) >= 11 is 0. The molecule has 0 saturated carbocycles. The van der Waals surface area contributed by atoms with E-state index in [0.29, 0.717) is 0 Å². The summed E-state index contributed by atoms with van der Waals surface area (Å²) < 4.78 is 20.4. The Kier molecular flexibility index (Phi) is 3.88. The van der Waals surface area contributed by atoms with E-state index >= 15 is 0 Å². The molecule has 2 aromatic rings. The maximum atomic E-state index is 14.1. The number of halogens is 1. The molecule has 1 N–H and O–H groups in total. The summed E-state index contributed by atoms with van der Waals surface area (Å²) in [4.78, 5) is 11.2. The number of hydrogen-bond donors (Lipinski definition) is 1. The second kappa shape index (κ2) is 5.47. The third-order valence-electron chi connectivity index (χ3n) is 3.07. The first-order chi connectivity index (χ1) is 9.86. The third kappa shape index (κ3) is 2.83. The minimum absolute atomic E-state index is 0.00214. The van der Waals surface area contributed by atoms with Crippen LogP contribution in [0.25, 0.3) is 11.4 Å². The van der Waals surface area contributed by atoms with Gasteiger partial charge in [-0.1, -0.05) is 6.07 Å². The Hall–Kier alpha value is -2.51. The zero-order valence-electron chi connectivity index (χ0n) is 11.9. The average Bonchev–Trinajstić information content (AvgIpc) is 2.85. The van der Waals surface area contributed by atoms with Gasteiger partial charge >= 0.3 is 5.97 Å². The normalized spacial score (nSPS) is 11.4. The van der Waals surface area contributed by atoms with E-state index in [4.69, 9.17) is 4.74 Å². The summed E-state index contributed by atoms with van der Waals surface area (Å²) in [6.45, 7) is 3.08. The number of tetrazole rings is 1. The molecule has 8 heteroatoms. The zero-order chi connectivity index (χ0) is 15.6. The second-order valence-corrected chi connectivity index (χ2v) is 5.17. The van der Waals surface area contributed by atoms with Crippen molar-refractivity contribution in [1.82, 2.24) is 20.2 Å². The van der Waals surface area contributed by atoms with E-state index in [1.165, 1.54) is 23.9 Å². The van der Waals surface area contributed by atoms with Gasteiger partial charge in [0.15, 0.2) is 5.82 Å². The predicted molar refractivity (Wildman–Crippen MR) is 71.2 cm³/mol. The highest BCUT2D eigenvalue weighted by Crippen LogP contribution is 2.31. The fourth-order valence-electron chi connectivity index (χ4n) is 1.82. The summed E-state index contributed by atoms with van der Waals surface area (Å²) in [5, 5.41) is 20.2. The summed E-state index contributed by atoms with van der Waals surface area (Å²) in [6, 6.07) is 4.35. The van der Waals surface area contributed by atoms with E-state index in [1.807, 2.05) is 0 Å². The Balaban J connectivity index is 2.49. The monoisotopic (exact) mass is 294 g/mol. The Morgan fingerprint density at radius 1 is 1.48 bits per heavy atom. The molecule has 2 rings (SSSR count). The minimum Gasteiger partial charge on any atom is -0.496 e.